The number of aromatic nitrogens is 2. The van der Waals surface area contributed by atoms with Gasteiger partial charge in [0.1, 0.15) is 5.75 Å². The lowest BCUT2D eigenvalue weighted by Crippen LogP contribution is -2.22. The van der Waals surface area contributed by atoms with Gasteiger partial charge in [0.25, 0.3) is 11.8 Å². The molecule has 0 fully saturated rings. The van der Waals surface area contributed by atoms with Crippen LogP contribution in [-0.2, 0) is 19.8 Å². The summed E-state index contributed by atoms with van der Waals surface area (Å²) in [6, 6.07) is 7.55. The third-order valence-electron chi connectivity index (χ3n) is 6.09. The Morgan fingerprint density at radius 1 is 1.08 bits per heavy atom. The van der Waals surface area contributed by atoms with Crippen molar-refractivity contribution < 1.29 is 27.9 Å². The molecule has 0 spiro atoms. The summed E-state index contributed by atoms with van der Waals surface area (Å²) in [6.45, 7) is 5.68. The fraction of sp³-hybridized carbons (Fsp3) is 0.231. The minimum atomic E-state index is -4.45. The third kappa shape index (κ3) is 6.04. The number of hydrazone groups is 1. The first kappa shape index (κ1) is 28.0. The van der Waals surface area contributed by atoms with Gasteiger partial charge in [0.2, 0.25) is 0 Å². The van der Waals surface area contributed by atoms with Crippen LogP contribution in [0.25, 0.3) is 10.4 Å². The topological polar surface area (TPSA) is 109 Å². The van der Waals surface area contributed by atoms with Crippen molar-refractivity contribution in [2.24, 2.45) is 12.1 Å². The largest absolute Gasteiger partial charge is 0.506 e. The Labute approximate surface area is 229 Å². The van der Waals surface area contributed by atoms with Gasteiger partial charge in [-0.25, -0.2) is 5.43 Å². The number of hydrogen-bond donors (Lipinski definition) is 3. The summed E-state index contributed by atoms with van der Waals surface area (Å²) in [6.07, 6.45) is -4.45. The monoisotopic (exact) mass is 575 g/mol. The number of nitrogens with zero attached hydrogens (tertiary/aromatic N) is 3. The number of thiophene rings is 2. The van der Waals surface area contributed by atoms with Crippen LogP contribution in [0.3, 0.4) is 0 Å². The summed E-state index contributed by atoms with van der Waals surface area (Å²) < 4.78 is 40.2. The number of nitrogens with one attached hydrogen (secondary N) is 2. The molecule has 1 aromatic carbocycles. The van der Waals surface area contributed by atoms with Gasteiger partial charge in [-0.3, -0.25) is 14.3 Å². The molecule has 4 rings (SSSR count). The Morgan fingerprint density at radius 2 is 1.72 bits per heavy atom. The van der Waals surface area contributed by atoms with E-state index >= 15 is 0 Å². The highest BCUT2D eigenvalue weighted by atomic mass is 32.1. The third-order valence-corrected chi connectivity index (χ3v) is 8.19. The number of aryl methyl sites for hydroxylation is 2. The number of aromatic hydroxyl groups is 1. The SMILES string of the molecule is CC(=NNC(=O)c1ccc(C(=O)NCc2c(C)nn(C)c2C)s1)c1csc(-c2ccc(C(F)(F)F)cc2)c1O. The van der Waals surface area contributed by atoms with E-state index in [1.165, 1.54) is 18.2 Å². The molecule has 0 atom stereocenters. The molecular weight excluding hydrogens is 551 g/mol. The highest BCUT2D eigenvalue weighted by Crippen LogP contribution is 2.40. The summed E-state index contributed by atoms with van der Waals surface area (Å²) in [5, 5.41) is 23.5. The fourth-order valence-corrected chi connectivity index (χ4v) is 5.61. The first-order valence-electron chi connectivity index (χ1n) is 11.6. The molecule has 0 aliphatic heterocycles. The van der Waals surface area contributed by atoms with E-state index in [0.717, 1.165) is 51.8 Å². The molecule has 4 aromatic rings. The molecule has 13 heteroatoms. The zero-order chi connectivity index (χ0) is 28.5. The predicted octanol–water partition coefficient (Wildman–Crippen LogP) is 5.64. The second-order valence-corrected chi connectivity index (χ2v) is 10.6. The minimum absolute atomic E-state index is 0.149. The van der Waals surface area contributed by atoms with E-state index in [4.69, 9.17) is 0 Å². The van der Waals surface area contributed by atoms with Crippen LogP contribution in [0.5, 0.6) is 5.75 Å². The molecule has 39 heavy (non-hydrogen) atoms. The number of rotatable bonds is 7. The smallest absolute Gasteiger partial charge is 0.416 e. The van der Waals surface area contributed by atoms with Gasteiger partial charge in [0.15, 0.2) is 0 Å². The molecule has 8 nitrogen and oxygen atoms in total. The van der Waals surface area contributed by atoms with E-state index in [-0.39, 0.29) is 16.5 Å². The summed E-state index contributed by atoms with van der Waals surface area (Å²) in [7, 11) is 1.83. The van der Waals surface area contributed by atoms with Gasteiger partial charge in [-0.05, 0) is 50.6 Å². The van der Waals surface area contributed by atoms with Gasteiger partial charge >= 0.3 is 6.18 Å². The highest BCUT2D eigenvalue weighted by molar-refractivity contribution is 7.16. The molecule has 0 bridgehead atoms. The number of hydrogen-bond acceptors (Lipinski definition) is 7. The number of carbonyl (C=O) groups is 2. The van der Waals surface area contributed by atoms with E-state index in [2.05, 4.69) is 20.9 Å². The van der Waals surface area contributed by atoms with E-state index in [0.29, 0.717) is 33.1 Å². The molecule has 3 N–H and O–H groups in total. The van der Waals surface area contributed by atoms with Crippen molar-refractivity contribution in [2.75, 3.05) is 0 Å². The Bertz CT molecular complexity index is 1570. The molecular formula is C26H24F3N5O3S2. The average Bonchev–Trinajstić information content (AvgIpc) is 3.59. The Balaban J connectivity index is 1.39. The second-order valence-electron chi connectivity index (χ2n) is 8.66. The van der Waals surface area contributed by atoms with Crippen LogP contribution in [0.4, 0.5) is 13.2 Å². The van der Waals surface area contributed by atoms with E-state index < -0.39 is 17.6 Å². The van der Waals surface area contributed by atoms with Crippen LogP contribution >= 0.6 is 22.7 Å². The molecule has 3 aromatic heterocycles. The van der Waals surface area contributed by atoms with Crippen LogP contribution in [-0.4, -0.2) is 32.4 Å². The van der Waals surface area contributed by atoms with Gasteiger partial charge in [-0.2, -0.15) is 23.4 Å². The van der Waals surface area contributed by atoms with Crippen LogP contribution in [0.15, 0.2) is 46.9 Å². The van der Waals surface area contributed by atoms with Crippen LogP contribution in [0, 0.1) is 13.8 Å². The lowest BCUT2D eigenvalue weighted by Gasteiger charge is -2.07. The summed E-state index contributed by atoms with van der Waals surface area (Å²) in [5.41, 5.74) is 5.40. The zero-order valence-corrected chi connectivity index (χ0v) is 22.9. The molecule has 0 saturated carbocycles. The van der Waals surface area contributed by atoms with Gasteiger partial charge in [0, 0.05) is 30.2 Å². The molecule has 0 aliphatic carbocycles. The van der Waals surface area contributed by atoms with Crippen molar-refractivity contribution in [1.29, 1.82) is 0 Å². The quantitative estimate of drug-likeness (QED) is 0.196. The number of amides is 2. The molecule has 0 radical (unpaired) electrons. The number of halogens is 3. The minimum Gasteiger partial charge on any atom is -0.506 e. The lowest BCUT2D eigenvalue weighted by atomic mass is 10.1. The van der Waals surface area contributed by atoms with Crippen LogP contribution < -0.4 is 10.7 Å². The van der Waals surface area contributed by atoms with Gasteiger partial charge < -0.3 is 10.4 Å². The normalized spacial score (nSPS) is 12.0. The number of benzene rings is 1. The molecule has 3 heterocycles. The Hall–Kier alpha value is -3.97. The molecule has 0 saturated heterocycles. The van der Waals surface area contributed by atoms with E-state index in [1.807, 2.05) is 20.9 Å². The molecule has 0 unspecified atom stereocenters. The molecule has 204 valence electrons. The van der Waals surface area contributed by atoms with Crippen LogP contribution in [0.1, 0.15) is 54.3 Å². The summed E-state index contributed by atoms with van der Waals surface area (Å²) in [5.74, 6) is -1.00. The van der Waals surface area contributed by atoms with Gasteiger partial charge in [-0.15, -0.1) is 22.7 Å². The molecule has 0 aliphatic rings. The maximum Gasteiger partial charge on any atom is 0.416 e. The van der Waals surface area contributed by atoms with E-state index in [1.54, 1.807) is 23.1 Å². The van der Waals surface area contributed by atoms with Gasteiger partial charge in [-0.1, -0.05) is 12.1 Å². The van der Waals surface area contributed by atoms with Crippen molar-refractivity contribution >= 4 is 40.2 Å². The van der Waals surface area contributed by atoms with Crippen molar-refractivity contribution in [3.63, 3.8) is 0 Å². The van der Waals surface area contributed by atoms with Crippen molar-refractivity contribution in [3.8, 4) is 16.2 Å². The maximum absolute atomic E-state index is 12.8. The Morgan fingerprint density at radius 3 is 2.31 bits per heavy atom. The highest BCUT2D eigenvalue weighted by Gasteiger charge is 2.30. The van der Waals surface area contributed by atoms with Crippen molar-refractivity contribution in [1.82, 2.24) is 20.5 Å². The lowest BCUT2D eigenvalue weighted by molar-refractivity contribution is -0.137. The second kappa shape index (κ2) is 11.0. The standard InChI is InChI=1S/C26H24F3N5O3S2/c1-13(19-12-38-23(22(19)35)16-5-7-17(8-6-16)26(27,28)29)31-32-25(37)21-10-9-20(39-21)24(36)30-11-18-14(2)33-34(4)15(18)3/h5-10,12,35H,11H2,1-4H3,(H,30,36)(H,32,37). The van der Waals surface area contributed by atoms with Crippen molar-refractivity contribution in [2.45, 2.75) is 33.5 Å². The predicted molar refractivity (Wildman–Crippen MR) is 144 cm³/mol. The van der Waals surface area contributed by atoms with Crippen LogP contribution in [0.2, 0.25) is 0 Å². The summed E-state index contributed by atoms with van der Waals surface area (Å²) in [4.78, 5) is 26.2. The number of carbonyl (C=O) groups excluding carboxylic acids is 2. The maximum atomic E-state index is 12.8. The average molecular weight is 576 g/mol. The number of alkyl halides is 3. The first-order valence-corrected chi connectivity index (χ1v) is 13.3. The molecule has 2 amide bonds. The summed E-state index contributed by atoms with van der Waals surface area (Å²) >= 11 is 2.15. The van der Waals surface area contributed by atoms with Gasteiger partial charge in [0.05, 0.1) is 37.2 Å². The zero-order valence-electron chi connectivity index (χ0n) is 21.3. The Kier molecular flexibility index (Phi) is 7.93. The first-order chi connectivity index (χ1) is 18.4. The van der Waals surface area contributed by atoms with Crippen molar-refractivity contribution in [3.05, 3.63) is 79.6 Å². The fourth-order valence-electron chi connectivity index (χ4n) is 3.78. The van der Waals surface area contributed by atoms with E-state index in [9.17, 15) is 27.9 Å².